The van der Waals surface area contributed by atoms with Gasteiger partial charge in [0.2, 0.25) is 5.91 Å². The monoisotopic (exact) mass is 396 g/mol. The van der Waals surface area contributed by atoms with Crippen LogP contribution in [0.25, 0.3) is 0 Å². The zero-order chi connectivity index (χ0) is 21.0. The average Bonchev–Trinajstić information content (AvgIpc) is 2.73. The van der Waals surface area contributed by atoms with Crippen LogP contribution in [0.5, 0.6) is 5.75 Å². The molecule has 2 amide bonds. The van der Waals surface area contributed by atoms with Gasteiger partial charge in [0.25, 0.3) is 5.91 Å². The minimum atomic E-state index is -0.647. The Kier molecular flexibility index (Phi) is 6.26. The van der Waals surface area contributed by atoms with Crippen molar-refractivity contribution in [3.63, 3.8) is 0 Å². The minimum Gasteiger partial charge on any atom is -0.477 e. The third-order valence-corrected chi connectivity index (χ3v) is 5.02. The molecule has 0 fully saturated rings. The largest absolute Gasteiger partial charge is 0.477 e. The topological polar surface area (TPSA) is 65.1 Å². The highest BCUT2D eigenvalue weighted by atomic mass is 16.5. The molecule has 2 aromatic carbocycles. The molecule has 154 valence electrons. The normalized spacial score (nSPS) is 15.2. The van der Waals surface area contributed by atoms with Crippen LogP contribution in [0.3, 0.4) is 0 Å². The fourth-order valence-electron chi connectivity index (χ4n) is 3.30. The summed E-state index contributed by atoms with van der Waals surface area (Å²) in [5, 5.41) is 2.62. The van der Waals surface area contributed by atoms with Crippen molar-refractivity contribution in [2.24, 2.45) is 0 Å². The predicted molar refractivity (Wildman–Crippen MR) is 114 cm³/mol. The van der Waals surface area contributed by atoms with Gasteiger partial charge in [-0.1, -0.05) is 24.3 Å². The van der Waals surface area contributed by atoms with Crippen LogP contribution in [0, 0.1) is 0 Å². The number of benzene rings is 2. The Balaban J connectivity index is 1.69. The lowest BCUT2D eigenvalue weighted by Crippen LogP contribution is -2.50. The van der Waals surface area contributed by atoms with Crippen molar-refractivity contribution in [1.82, 2.24) is 10.2 Å². The van der Waals surface area contributed by atoms with E-state index in [1.165, 1.54) is 0 Å². The van der Waals surface area contributed by atoms with E-state index < -0.39 is 6.10 Å². The molecule has 7 nitrogen and oxygen atoms in total. The van der Waals surface area contributed by atoms with Gasteiger partial charge in [-0.25, -0.2) is 0 Å². The first-order valence-electron chi connectivity index (χ1n) is 9.61. The molecule has 0 unspecified atom stereocenters. The van der Waals surface area contributed by atoms with E-state index in [1.54, 1.807) is 19.0 Å². The lowest BCUT2D eigenvalue weighted by atomic mass is 10.1. The van der Waals surface area contributed by atoms with Gasteiger partial charge in [0.05, 0.1) is 18.8 Å². The number of carbonyl (C=O) groups is 2. The van der Waals surface area contributed by atoms with Gasteiger partial charge < -0.3 is 24.8 Å². The SMILES string of the molecule is CNC(=O)[C@@H]1CN(CC(=O)N(C)Cc2ccc(N(C)C)cc2)c2ccccc2O1. The summed E-state index contributed by atoms with van der Waals surface area (Å²) < 4.78 is 5.80. The zero-order valence-corrected chi connectivity index (χ0v) is 17.4. The van der Waals surface area contributed by atoms with Crippen molar-refractivity contribution in [2.75, 3.05) is 51.1 Å². The van der Waals surface area contributed by atoms with Crippen molar-refractivity contribution in [3.05, 3.63) is 54.1 Å². The Morgan fingerprint density at radius 3 is 2.45 bits per heavy atom. The molecule has 2 aromatic rings. The Morgan fingerprint density at radius 1 is 1.10 bits per heavy atom. The van der Waals surface area contributed by atoms with Crippen LogP contribution in [-0.2, 0) is 16.1 Å². The smallest absolute Gasteiger partial charge is 0.262 e. The lowest BCUT2D eigenvalue weighted by molar-refractivity contribution is -0.130. The molecule has 0 saturated carbocycles. The number of likely N-dealkylation sites (N-methyl/N-ethyl adjacent to an activating group) is 2. The second kappa shape index (κ2) is 8.86. The minimum absolute atomic E-state index is 0.0194. The molecular weight excluding hydrogens is 368 g/mol. The van der Waals surface area contributed by atoms with E-state index in [0.29, 0.717) is 18.8 Å². The highest BCUT2D eigenvalue weighted by molar-refractivity contribution is 5.86. The molecule has 0 radical (unpaired) electrons. The molecule has 1 atom stereocenters. The summed E-state index contributed by atoms with van der Waals surface area (Å²) in [6.07, 6.45) is -0.647. The van der Waals surface area contributed by atoms with Gasteiger partial charge in [0, 0.05) is 40.4 Å². The number of hydrogen-bond donors (Lipinski definition) is 1. The van der Waals surface area contributed by atoms with Gasteiger partial charge >= 0.3 is 0 Å². The average molecular weight is 396 g/mol. The third kappa shape index (κ3) is 4.80. The number of carbonyl (C=O) groups excluding carboxylic acids is 2. The molecular formula is C22H28N4O3. The Labute approximate surface area is 171 Å². The van der Waals surface area contributed by atoms with Crippen molar-refractivity contribution >= 4 is 23.2 Å². The van der Waals surface area contributed by atoms with E-state index in [9.17, 15) is 9.59 Å². The Hall–Kier alpha value is -3.22. The summed E-state index contributed by atoms with van der Waals surface area (Å²) in [5.74, 6) is 0.391. The van der Waals surface area contributed by atoms with Crippen molar-refractivity contribution in [2.45, 2.75) is 12.6 Å². The molecule has 1 heterocycles. The number of rotatable bonds is 6. The van der Waals surface area contributed by atoms with Gasteiger partial charge in [-0.2, -0.15) is 0 Å². The van der Waals surface area contributed by atoms with Gasteiger partial charge in [-0.3, -0.25) is 9.59 Å². The van der Waals surface area contributed by atoms with Gasteiger partial charge in [0.1, 0.15) is 5.75 Å². The molecule has 0 saturated heterocycles. The number of anilines is 2. The molecule has 3 rings (SSSR count). The van der Waals surface area contributed by atoms with Gasteiger partial charge in [0.15, 0.2) is 6.10 Å². The predicted octanol–water partition coefficient (Wildman–Crippen LogP) is 1.72. The summed E-state index contributed by atoms with van der Waals surface area (Å²) >= 11 is 0. The summed E-state index contributed by atoms with van der Waals surface area (Å²) in [6.45, 7) is 1.03. The van der Waals surface area contributed by atoms with Crippen LogP contribution < -0.4 is 19.9 Å². The lowest BCUT2D eigenvalue weighted by Gasteiger charge is -2.35. The number of amides is 2. The first-order chi connectivity index (χ1) is 13.9. The molecule has 0 bridgehead atoms. The molecule has 0 aromatic heterocycles. The van der Waals surface area contributed by atoms with Gasteiger partial charge in [-0.15, -0.1) is 0 Å². The van der Waals surface area contributed by atoms with E-state index >= 15 is 0 Å². The van der Waals surface area contributed by atoms with Crippen LogP contribution in [0.4, 0.5) is 11.4 Å². The van der Waals surface area contributed by atoms with E-state index in [2.05, 4.69) is 5.32 Å². The number of nitrogens with zero attached hydrogens (tertiary/aromatic N) is 3. The molecule has 1 N–H and O–H groups in total. The maximum atomic E-state index is 12.9. The van der Waals surface area contributed by atoms with Crippen LogP contribution in [0.15, 0.2) is 48.5 Å². The van der Waals surface area contributed by atoms with Crippen molar-refractivity contribution in [1.29, 1.82) is 0 Å². The number of nitrogens with one attached hydrogen (secondary N) is 1. The van der Waals surface area contributed by atoms with E-state index in [1.807, 2.05) is 72.4 Å². The number of para-hydroxylation sites is 2. The van der Waals surface area contributed by atoms with Crippen molar-refractivity contribution in [3.8, 4) is 5.75 Å². The molecule has 7 heteroatoms. The highest BCUT2D eigenvalue weighted by Crippen LogP contribution is 2.33. The van der Waals surface area contributed by atoms with Gasteiger partial charge in [-0.05, 0) is 29.8 Å². The Bertz CT molecular complexity index is 867. The van der Waals surface area contributed by atoms with Crippen LogP contribution in [-0.4, -0.2) is 64.1 Å². The second-order valence-corrected chi connectivity index (χ2v) is 7.38. The third-order valence-electron chi connectivity index (χ3n) is 5.02. The summed E-state index contributed by atoms with van der Waals surface area (Å²) in [6, 6.07) is 15.6. The van der Waals surface area contributed by atoms with E-state index in [-0.39, 0.29) is 18.4 Å². The molecule has 29 heavy (non-hydrogen) atoms. The summed E-state index contributed by atoms with van der Waals surface area (Å²) in [4.78, 5) is 30.6. The van der Waals surface area contributed by atoms with Crippen LogP contribution >= 0.6 is 0 Å². The number of ether oxygens (including phenoxy) is 1. The quantitative estimate of drug-likeness (QED) is 0.806. The zero-order valence-electron chi connectivity index (χ0n) is 17.4. The van der Waals surface area contributed by atoms with E-state index in [4.69, 9.17) is 4.74 Å². The standard InChI is InChI=1S/C22H28N4O3/c1-23-22(28)20-14-26(18-7-5-6-8-19(18)29-20)15-21(27)25(4)13-16-9-11-17(12-10-16)24(2)3/h5-12,20H,13-15H2,1-4H3,(H,23,28)/t20-/m0/s1. The van der Waals surface area contributed by atoms with Crippen molar-refractivity contribution < 1.29 is 14.3 Å². The maximum Gasteiger partial charge on any atom is 0.262 e. The number of hydrogen-bond acceptors (Lipinski definition) is 5. The Morgan fingerprint density at radius 2 is 1.79 bits per heavy atom. The molecule has 1 aliphatic heterocycles. The maximum absolute atomic E-state index is 12.9. The first-order valence-corrected chi connectivity index (χ1v) is 9.61. The second-order valence-electron chi connectivity index (χ2n) is 7.38. The first kappa shape index (κ1) is 20.5. The molecule has 0 spiro atoms. The summed E-state index contributed by atoms with van der Waals surface area (Å²) in [5.41, 5.74) is 3.01. The fraction of sp³-hybridized carbons (Fsp3) is 0.364. The highest BCUT2D eigenvalue weighted by Gasteiger charge is 2.31. The van der Waals surface area contributed by atoms with Crippen LogP contribution in [0.2, 0.25) is 0 Å². The summed E-state index contributed by atoms with van der Waals surface area (Å²) in [7, 11) is 7.37. The number of fused-ring (bicyclic) bond motifs is 1. The molecule has 0 aliphatic carbocycles. The fourth-order valence-corrected chi connectivity index (χ4v) is 3.30. The van der Waals surface area contributed by atoms with E-state index in [0.717, 1.165) is 16.9 Å². The molecule has 1 aliphatic rings. The van der Waals surface area contributed by atoms with Crippen LogP contribution in [0.1, 0.15) is 5.56 Å².